The topological polar surface area (TPSA) is 79.0 Å². The van der Waals surface area contributed by atoms with Gasteiger partial charge in [0.1, 0.15) is 5.75 Å². The first-order chi connectivity index (χ1) is 16.0. The van der Waals surface area contributed by atoms with Crippen LogP contribution in [-0.2, 0) is 20.8 Å². The molecule has 7 heteroatoms. The summed E-state index contributed by atoms with van der Waals surface area (Å²) in [5.74, 6) is 3.30. The number of rotatable bonds is 4. The molecule has 0 unspecified atom stereocenters. The van der Waals surface area contributed by atoms with Gasteiger partial charge in [0.25, 0.3) is 5.91 Å². The molecule has 7 rings (SSSR count). The number of carbonyl (C=O) groups is 3. The Balaban J connectivity index is 1.01. The van der Waals surface area contributed by atoms with Crippen LogP contribution in [0.2, 0.25) is 0 Å². The van der Waals surface area contributed by atoms with E-state index in [-0.39, 0.29) is 23.8 Å². The van der Waals surface area contributed by atoms with E-state index in [1.165, 1.54) is 19.3 Å². The highest BCUT2D eigenvalue weighted by molar-refractivity contribution is 5.94. The quantitative estimate of drug-likeness (QED) is 0.764. The van der Waals surface area contributed by atoms with Gasteiger partial charge in [0.05, 0.1) is 5.41 Å². The molecule has 4 aliphatic carbocycles. The standard InChI is InChI=1S/C26H33N3O4/c30-23-4-1-20-12-21(2-3-22(20)27-23)33-16-24(31)28-5-7-29(8-6-28)25(32)26-13-17-9-18(14-26)11-19(10-17)15-26/h2-3,12,17-19H,1,4-11,13-16H2,(H,27,30). The highest BCUT2D eigenvalue weighted by Gasteiger charge is 2.55. The van der Waals surface area contributed by atoms with Crippen molar-refractivity contribution in [2.75, 3.05) is 38.1 Å². The van der Waals surface area contributed by atoms with E-state index in [9.17, 15) is 14.4 Å². The van der Waals surface area contributed by atoms with Gasteiger partial charge in [-0.3, -0.25) is 14.4 Å². The zero-order chi connectivity index (χ0) is 22.6. The number of nitrogens with zero attached hydrogens (tertiary/aromatic N) is 2. The summed E-state index contributed by atoms with van der Waals surface area (Å²) in [6, 6.07) is 5.53. The van der Waals surface area contributed by atoms with E-state index in [2.05, 4.69) is 5.32 Å². The van der Waals surface area contributed by atoms with Gasteiger partial charge >= 0.3 is 0 Å². The fourth-order valence-corrected chi connectivity index (χ4v) is 7.55. The minimum absolute atomic E-state index is 0.00588. The molecule has 0 radical (unpaired) electrons. The Labute approximate surface area is 194 Å². The zero-order valence-electron chi connectivity index (χ0n) is 19.2. The molecule has 1 aromatic carbocycles. The number of amides is 3. The van der Waals surface area contributed by atoms with Gasteiger partial charge in [-0.05, 0) is 86.5 Å². The largest absolute Gasteiger partial charge is 0.484 e. The number of aryl methyl sites for hydroxylation is 1. The van der Waals surface area contributed by atoms with E-state index < -0.39 is 0 Å². The summed E-state index contributed by atoms with van der Waals surface area (Å²) in [6.45, 7) is 2.41. The lowest BCUT2D eigenvalue weighted by atomic mass is 9.49. The molecule has 0 aromatic heterocycles. The second-order valence-electron chi connectivity index (χ2n) is 11.0. The van der Waals surface area contributed by atoms with Gasteiger partial charge in [-0.15, -0.1) is 0 Å². The Morgan fingerprint density at radius 1 is 0.939 bits per heavy atom. The fourth-order valence-electron chi connectivity index (χ4n) is 7.55. The van der Waals surface area contributed by atoms with E-state index in [4.69, 9.17) is 4.74 Å². The summed E-state index contributed by atoms with van der Waals surface area (Å²) >= 11 is 0. The molecule has 2 heterocycles. The van der Waals surface area contributed by atoms with Crippen molar-refractivity contribution in [1.29, 1.82) is 0 Å². The van der Waals surface area contributed by atoms with Crippen molar-refractivity contribution in [3.05, 3.63) is 23.8 Å². The summed E-state index contributed by atoms with van der Waals surface area (Å²) < 4.78 is 5.77. The first-order valence-corrected chi connectivity index (χ1v) is 12.6. The van der Waals surface area contributed by atoms with E-state index in [0.717, 1.165) is 48.3 Å². The van der Waals surface area contributed by atoms with Crippen LogP contribution in [0.1, 0.15) is 50.5 Å². The first-order valence-electron chi connectivity index (χ1n) is 12.6. The molecule has 0 atom stereocenters. The second-order valence-corrected chi connectivity index (χ2v) is 11.0. The predicted octanol–water partition coefficient (Wildman–Crippen LogP) is 2.84. The minimum atomic E-state index is -0.101. The third kappa shape index (κ3) is 3.89. The average molecular weight is 452 g/mol. The predicted molar refractivity (Wildman–Crippen MR) is 123 cm³/mol. The Morgan fingerprint density at radius 3 is 2.24 bits per heavy atom. The minimum Gasteiger partial charge on any atom is -0.484 e. The van der Waals surface area contributed by atoms with Gasteiger partial charge in [-0.25, -0.2) is 0 Å². The monoisotopic (exact) mass is 451 g/mol. The molecule has 2 aliphatic heterocycles. The van der Waals surface area contributed by atoms with Crippen molar-refractivity contribution in [2.24, 2.45) is 23.2 Å². The lowest BCUT2D eigenvalue weighted by molar-refractivity contribution is -0.160. The van der Waals surface area contributed by atoms with Crippen LogP contribution in [0.25, 0.3) is 0 Å². The summed E-state index contributed by atoms with van der Waals surface area (Å²) in [5.41, 5.74) is 1.76. The van der Waals surface area contributed by atoms with E-state index in [1.54, 1.807) is 6.07 Å². The molecule has 5 fully saturated rings. The molecule has 7 nitrogen and oxygen atoms in total. The Kier molecular flexibility index (Phi) is 5.11. The van der Waals surface area contributed by atoms with Crippen LogP contribution >= 0.6 is 0 Å². The lowest BCUT2D eigenvalue weighted by Crippen LogP contribution is -2.58. The van der Waals surface area contributed by atoms with Crippen LogP contribution in [0.5, 0.6) is 5.75 Å². The number of nitrogens with one attached hydrogen (secondary N) is 1. The molecular weight excluding hydrogens is 418 g/mol. The summed E-state index contributed by atoms with van der Waals surface area (Å²) in [6.07, 6.45) is 8.46. The van der Waals surface area contributed by atoms with Crippen molar-refractivity contribution < 1.29 is 19.1 Å². The van der Waals surface area contributed by atoms with Crippen LogP contribution in [-0.4, -0.2) is 60.3 Å². The van der Waals surface area contributed by atoms with Crippen LogP contribution in [0.4, 0.5) is 5.69 Å². The van der Waals surface area contributed by atoms with Gasteiger partial charge < -0.3 is 19.9 Å². The number of hydrogen-bond donors (Lipinski definition) is 1. The maximum absolute atomic E-state index is 13.5. The van der Waals surface area contributed by atoms with Crippen LogP contribution in [0, 0.1) is 23.2 Å². The molecule has 1 saturated heterocycles. The van der Waals surface area contributed by atoms with Crippen molar-refractivity contribution in [2.45, 2.75) is 51.4 Å². The lowest BCUT2D eigenvalue weighted by Gasteiger charge is -2.57. The molecule has 1 N–H and O–H groups in total. The maximum Gasteiger partial charge on any atom is 0.260 e. The molecule has 1 aromatic rings. The first kappa shape index (κ1) is 21.0. The highest BCUT2D eigenvalue weighted by atomic mass is 16.5. The molecular formula is C26H33N3O4. The third-order valence-electron chi connectivity index (χ3n) is 8.75. The Hall–Kier alpha value is -2.57. The van der Waals surface area contributed by atoms with Crippen molar-refractivity contribution in [3.63, 3.8) is 0 Å². The van der Waals surface area contributed by atoms with Crippen molar-refractivity contribution >= 4 is 23.4 Å². The smallest absolute Gasteiger partial charge is 0.260 e. The molecule has 0 spiro atoms. The second kappa shape index (κ2) is 8.03. The number of ether oxygens (including phenoxy) is 1. The molecule has 33 heavy (non-hydrogen) atoms. The van der Waals surface area contributed by atoms with Crippen molar-refractivity contribution in [1.82, 2.24) is 9.80 Å². The molecule has 176 valence electrons. The zero-order valence-corrected chi connectivity index (χ0v) is 19.2. The maximum atomic E-state index is 13.5. The Morgan fingerprint density at radius 2 is 1.58 bits per heavy atom. The molecule has 3 amide bonds. The van der Waals surface area contributed by atoms with Crippen molar-refractivity contribution in [3.8, 4) is 5.75 Å². The molecule has 6 aliphatic rings. The number of benzene rings is 1. The van der Waals surface area contributed by atoms with Crippen LogP contribution in [0.3, 0.4) is 0 Å². The fraction of sp³-hybridized carbons (Fsp3) is 0.654. The number of carbonyl (C=O) groups excluding carboxylic acids is 3. The number of fused-ring (bicyclic) bond motifs is 1. The SMILES string of the molecule is O=C1CCc2cc(OCC(=O)N3CCN(C(=O)C45CC6CC(CC(C6)C4)C5)CC3)ccc2N1. The number of piperazine rings is 1. The van der Waals surface area contributed by atoms with E-state index in [1.807, 2.05) is 21.9 Å². The average Bonchev–Trinajstić information content (AvgIpc) is 2.81. The van der Waals surface area contributed by atoms with Gasteiger partial charge in [0.2, 0.25) is 11.8 Å². The Bertz CT molecular complexity index is 946. The summed E-state index contributed by atoms with van der Waals surface area (Å²) in [5, 5.41) is 2.86. The van der Waals surface area contributed by atoms with Crippen LogP contribution in [0.15, 0.2) is 18.2 Å². The van der Waals surface area contributed by atoms with E-state index in [0.29, 0.717) is 50.7 Å². The molecule has 4 saturated carbocycles. The van der Waals surface area contributed by atoms with Crippen LogP contribution < -0.4 is 10.1 Å². The highest BCUT2D eigenvalue weighted by Crippen LogP contribution is 2.60. The third-order valence-corrected chi connectivity index (χ3v) is 8.75. The molecule has 4 bridgehead atoms. The van der Waals surface area contributed by atoms with Gasteiger partial charge in [0.15, 0.2) is 6.61 Å². The summed E-state index contributed by atoms with van der Waals surface area (Å²) in [7, 11) is 0. The van der Waals surface area contributed by atoms with Gasteiger partial charge in [-0.2, -0.15) is 0 Å². The number of anilines is 1. The van der Waals surface area contributed by atoms with Gasteiger partial charge in [0, 0.05) is 38.3 Å². The normalized spacial score (nSPS) is 32.4. The summed E-state index contributed by atoms with van der Waals surface area (Å²) in [4.78, 5) is 41.7. The van der Waals surface area contributed by atoms with E-state index >= 15 is 0 Å². The van der Waals surface area contributed by atoms with Gasteiger partial charge in [-0.1, -0.05) is 0 Å². The number of hydrogen-bond acceptors (Lipinski definition) is 4.